The Balaban J connectivity index is 4.22. The molecule has 56 valence electrons. The third-order valence-corrected chi connectivity index (χ3v) is 0.984. The van der Waals surface area contributed by atoms with E-state index in [1.165, 1.54) is 0 Å². The molecule has 0 saturated carbocycles. The lowest BCUT2D eigenvalue weighted by Crippen LogP contribution is -2.28. The maximum absolute atomic E-state index is 5.10. The van der Waals surface area contributed by atoms with Gasteiger partial charge in [0.2, 0.25) is 0 Å². The van der Waals surface area contributed by atoms with Crippen molar-refractivity contribution in [1.82, 2.24) is 5.43 Å². The molecule has 0 spiro atoms. The Kier molecular flexibility index (Phi) is 4.15. The van der Waals surface area contributed by atoms with Gasteiger partial charge in [0.25, 0.3) is 0 Å². The highest BCUT2D eigenvalue weighted by Gasteiger charge is 1.87. The molecule has 0 unspecified atom stereocenters. The van der Waals surface area contributed by atoms with Crippen molar-refractivity contribution in [1.29, 1.82) is 0 Å². The van der Waals surface area contributed by atoms with Crippen LogP contribution in [0.1, 0.15) is 6.92 Å². The average Bonchev–Trinajstić information content (AvgIpc) is 1.99. The van der Waals surface area contributed by atoms with Gasteiger partial charge in [-0.3, -0.25) is 9.98 Å². The first-order valence-electron chi connectivity index (χ1n) is 2.83. The smallest absolute Gasteiger partial charge is 0.136 e. The van der Waals surface area contributed by atoms with Crippen LogP contribution in [-0.4, -0.2) is 19.6 Å². The molecule has 0 heterocycles. The molecule has 0 bridgehead atoms. The standard InChI is InChI=1S/C6H12N4/c1-5(8-2)4-6(9-3)10-7/h4H,2,7H2,1,3H3,(H,9,10)/b5-4-. The lowest BCUT2D eigenvalue weighted by molar-refractivity contribution is 1.02. The fourth-order valence-electron chi connectivity index (χ4n) is 0.414. The number of aliphatic imine (C=N–C) groups is 2. The molecule has 0 aliphatic carbocycles. The highest BCUT2D eigenvalue weighted by atomic mass is 15.2. The summed E-state index contributed by atoms with van der Waals surface area (Å²) < 4.78 is 0. The minimum Gasteiger partial charge on any atom is -0.309 e. The Bertz CT molecular complexity index is 169. The van der Waals surface area contributed by atoms with Crippen molar-refractivity contribution in [3.63, 3.8) is 0 Å². The summed E-state index contributed by atoms with van der Waals surface area (Å²) in [7, 11) is 1.64. The first-order chi connectivity index (χ1) is 4.74. The highest BCUT2D eigenvalue weighted by molar-refractivity contribution is 5.92. The van der Waals surface area contributed by atoms with Crippen LogP contribution < -0.4 is 11.3 Å². The fraction of sp³-hybridized carbons (Fsp3) is 0.333. The Morgan fingerprint density at radius 2 is 2.30 bits per heavy atom. The second kappa shape index (κ2) is 4.69. The molecule has 0 radical (unpaired) electrons. The molecule has 0 atom stereocenters. The van der Waals surface area contributed by atoms with Crippen molar-refractivity contribution >= 4 is 12.6 Å². The zero-order chi connectivity index (χ0) is 7.98. The number of hydrogen-bond donors (Lipinski definition) is 2. The number of hydrogen-bond acceptors (Lipinski definition) is 3. The number of nitrogens with zero attached hydrogens (tertiary/aromatic N) is 2. The zero-order valence-electron chi connectivity index (χ0n) is 6.26. The van der Waals surface area contributed by atoms with E-state index >= 15 is 0 Å². The van der Waals surface area contributed by atoms with Crippen LogP contribution in [0.3, 0.4) is 0 Å². The molecule has 0 aromatic heterocycles. The predicted octanol–water partition coefficient (Wildman–Crippen LogP) is 0.0824. The summed E-state index contributed by atoms with van der Waals surface area (Å²) in [5.74, 6) is 5.69. The fourth-order valence-corrected chi connectivity index (χ4v) is 0.414. The van der Waals surface area contributed by atoms with Gasteiger partial charge < -0.3 is 5.43 Å². The Morgan fingerprint density at radius 3 is 2.60 bits per heavy atom. The Labute approximate surface area is 60.5 Å². The van der Waals surface area contributed by atoms with E-state index in [-0.39, 0.29) is 0 Å². The number of hydrazine groups is 1. The maximum Gasteiger partial charge on any atom is 0.136 e. The average molecular weight is 140 g/mol. The molecule has 4 heteroatoms. The number of nitrogens with two attached hydrogens (primary N) is 1. The molecule has 4 nitrogen and oxygen atoms in total. The van der Waals surface area contributed by atoms with Gasteiger partial charge in [0.1, 0.15) is 5.84 Å². The lowest BCUT2D eigenvalue weighted by atomic mass is 10.4. The molecule has 0 aliphatic rings. The maximum atomic E-state index is 5.10. The summed E-state index contributed by atoms with van der Waals surface area (Å²) in [4.78, 5) is 7.47. The Morgan fingerprint density at radius 1 is 1.70 bits per heavy atom. The van der Waals surface area contributed by atoms with E-state index in [9.17, 15) is 0 Å². The van der Waals surface area contributed by atoms with Gasteiger partial charge in [-0.25, -0.2) is 5.84 Å². The van der Waals surface area contributed by atoms with E-state index < -0.39 is 0 Å². The van der Waals surface area contributed by atoms with Crippen LogP contribution in [-0.2, 0) is 0 Å². The van der Waals surface area contributed by atoms with Crippen molar-refractivity contribution in [2.24, 2.45) is 15.8 Å². The monoisotopic (exact) mass is 140 g/mol. The van der Waals surface area contributed by atoms with Crippen LogP contribution in [0.4, 0.5) is 0 Å². The van der Waals surface area contributed by atoms with Gasteiger partial charge in [0.05, 0.1) is 0 Å². The van der Waals surface area contributed by atoms with Gasteiger partial charge in [0, 0.05) is 18.8 Å². The third-order valence-electron chi connectivity index (χ3n) is 0.984. The zero-order valence-corrected chi connectivity index (χ0v) is 6.26. The molecule has 0 aromatic rings. The topological polar surface area (TPSA) is 62.8 Å². The summed E-state index contributed by atoms with van der Waals surface area (Å²) in [6, 6.07) is 0. The summed E-state index contributed by atoms with van der Waals surface area (Å²) in [6.45, 7) is 5.16. The minimum absolute atomic E-state index is 0.588. The van der Waals surface area contributed by atoms with E-state index in [0.717, 1.165) is 5.70 Å². The predicted molar refractivity (Wildman–Crippen MR) is 44.0 cm³/mol. The van der Waals surface area contributed by atoms with E-state index in [1.807, 2.05) is 6.92 Å². The van der Waals surface area contributed by atoms with Crippen molar-refractivity contribution < 1.29 is 0 Å². The van der Waals surface area contributed by atoms with Gasteiger partial charge in [0.15, 0.2) is 0 Å². The van der Waals surface area contributed by atoms with Crippen LogP contribution in [0.15, 0.2) is 21.8 Å². The molecule has 0 aliphatic heterocycles. The van der Waals surface area contributed by atoms with Crippen molar-refractivity contribution in [3.8, 4) is 0 Å². The largest absolute Gasteiger partial charge is 0.309 e. The van der Waals surface area contributed by atoms with Crippen LogP contribution in [0.2, 0.25) is 0 Å². The number of allylic oxidation sites excluding steroid dienone is 1. The summed E-state index contributed by atoms with van der Waals surface area (Å²) in [6.07, 6.45) is 1.70. The molecule has 0 aromatic carbocycles. The van der Waals surface area contributed by atoms with Gasteiger partial charge in [-0.2, -0.15) is 0 Å². The molecule has 0 fully saturated rings. The molecule has 10 heavy (non-hydrogen) atoms. The number of nitrogens with one attached hydrogen (secondary N) is 1. The van der Waals surface area contributed by atoms with Crippen LogP contribution in [0, 0.1) is 0 Å². The quantitative estimate of drug-likeness (QED) is 0.247. The number of amidine groups is 1. The molecular formula is C6H12N4. The first-order valence-corrected chi connectivity index (χ1v) is 2.83. The van der Waals surface area contributed by atoms with Gasteiger partial charge in [-0.1, -0.05) is 0 Å². The van der Waals surface area contributed by atoms with E-state index in [4.69, 9.17) is 5.84 Å². The van der Waals surface area contributed by atoms with Gasteiger partial charge >= 0.3 is 0 Å². The van der Waals surface area contributed by atoms with E-state index in [2.05, 4.69) is 22.1 Å². The van der Waals surface area contributed by atoms with E-state index in [0.29, 0.717) is 5.84 Å². The van der Waals surface area contributed by atoms with Crippen LogP contribution in [0.25, 0.3) is 0 Å². The highest BCUT2D eigenvalue weighted by Crippen LogP contribution is 1.90. The molecular weight excluding hydrogens is 128 g/mol. The van der Waals surface area contributed by atoms with Crippen molar-refractivity contribution in [2.75, 3.05) is 7.05 Å². The summed E-state index contributed by atoms with van der Waals surface area (Å²) in [5.41, 5.74) is 3.18. The summed E-state index contributed by atoms with van der Waals surface area (Å²) >= 11 is 0. The number of rotatable bonds is 2. The first kappa shape index (κ1) is 8.84. The second-order valence-corrected chi connectivity index (χ2v) is 1.70. The van der Waals surface area contributed by atoms with Gasteiger partial charge in [-0.05, 0) is 13.6 Å². The van der Waals surface area contributed by atoms with Gasteiger partial charge in [-0.15, -0.1) is 0 Å². The van der Waals surface area contributed by atoms with Crippen LogP contribution >= 0.6 is 0 Å². The third kappa shape index (κ3) is 2.99. The SMILES string of the molecule is C=N/C(C)=C\C(=N/C)NN. The van der Waals surface area contributed by atoms with E-state index in [1.54, 1.807) is 13.1 Å². The molecule has 3 N–H and O–H groups in total. The molecule has 0 amide bonds. The van der Waals surface area contributed by atoms with Crippen LogP contribution in [0.5, 0.6) is 0 Å². The second-order valence-electron chi connectivity index (χ2n) is 1.70. The lowest BCUT2D eigenvalue weighted by Gasteiger charge is -1.96. The molecule has 0 rings (SSSR count). The Hall–Kier alpha value is -1.16. The van der Waals surface area contributed by atoms with Crippen molar-refractivity contribution in [2.45, 2.75) is 6.92 Å². The summed E-state index contributed by atoms with van der Waals surface area (Å²) in [5, 5.41) is 0. The minimum atomic E-state index is 0.588. The molecule has 0 saturated heterocycles. The normalized spacial score (nSPS) is 13.1. The van der Waals surface area contributed by atoms with Crippen molar-refractivity contribution in [3.05, 3.63) is 11.8 Å².